The van der Waals surface area contributed by atoms with Crippen molar-refractivity contribution >= 4 is 11.6 Å². The van der Waals surface area contributed by atoms with E-state index >= 15 is 0 Å². The van der Waals surface area contributed by atoms with E-state index in [1.807, 2.05) is 48.5 Å². The number of imidazole rings is 1. The number of aryl methyl sites for hydroxylation is 1. The summed E-state index contributed by atoms with van der Waals surface area (Å²) in [5, 5.41) is 2.92. The second-order valence-corrected chi connectivity index (χ2v) is 5.44. The molecule has 1 heterocycles. The summed E-state index contributed by atoms with van der Waals surface area (Å²) < 4.78 is 5.19. The Bertz CT molecular complexity index is 796. The van der Waals surface area contributed by atoms with Crippen molar-refractivity contribution in [2.75, 3.05) is 12.4 Å². The third-order valence-electron chi connectivity index (χ3n) is 3.75. The van der Waals surface area contributed by atoms with Crippen molar-refractivity contribution in [2.24, 2.45) is 0 Å². The molecule has 1 amide bonds. The number of aromatic amines is 1. The van der Waals surface area contributed by atoms with Gasteiger partial charge in [-0.15, -0.1) is 0 Å². The average Bonchev–Trinajstić information content (AvgIpc) is 3.15. The van der Waals surface area contributed by atoms with Gasteiger partial charge in [0.05, 0.1) is 25.3 Å². The van der Waals surface area contributed by atoms with Crippen molar-refractivity contribution in [3.63, 3.8) is 0 Å². The number of methoxy groups -OCH3 is 1. The first-order valence-corrected chi connectivity index (χ1v) is 7.76. The van der Waals surface area contributed by atoms with Crippen LogP contribution in [-0.2, 0) is 11.2 Å². The maximum atomic E-state index is 12.1. The summed E-state index contributed by atoms with van der Waals surface area (Å²) in [5.74, 6) is 0.800. The van der Waals surface area contributed by atoms with Gasteiger partial charge in [-0.3, -0.25) is 4.79 Å². The first kappa shape index (κ1) is 15.8. The number of hydrogen-bond donors (Lipinski definition) is 2. The van der Waals surface area contributed by atoms with Gasteiger partial charge in [0.15, 0.2) is 0 Å². The van der Waals surface area contributed by atoms with Gasteiger partial charge in [0, 0.05) is 12.1 Å². The van der Waals surface area contributed by atoms with Gasteiger partial charge in [-0.1, -0.05) is 24.3 Å². The number of carbonyl (C=O) groups excluding carboxylic acids is 1. The van der Waals surface area contributed by atoms with Crippen LogP contribution in [0.2, 0.25) is 0 Å². The number of anilines is 1. The van der Waals surface area contributed by atoms with Gasteiger partial charge in [-0.2, -0.15) is 0 Å². The Morgan fingerprint density at radius 1 is 1.21 bits per heavy atom. The van der Waals surface area contributed by atoms with Gasteiger partial charge in [-0.25, -0.2) is 4.98 Å². The molecule has 0 saturated carbocycles. The molecule has 24 heavy (non-hydrogen) atoms. The minimum atomic E-state index is -0.00731. The van der Waals surface area contributed by atoms with Crippen LogP contribution in [0.25, 0.3) is 11.3 Å². The number of nitrogens with zero attached hydrogens (tertiary/aromatic N) is 1. The van der Waals surface area contributed by atoms with Gasteiger partial charge < -0.3 is 15.0 Å². The van der Waals surface area contributed by atoms with Crippen molar-refractivity contribution in [1.29, 1.82) is 0 Å². The molecule has 0 aliphatic rings. The highest BCUT2D eigenvalue weighted by Crippen LogP contribution is 2.19. The fourth-order valence-corrected chi connectivity index (χ4v) is 2.46. The normalized spacial score (nSPS) is 10.4. The van der Waals surface area contributed by atoms with Crippen molar-refractivity contribution in [3.8, 4) is 17.0 Å². The third-order valence-corrected chi connectivity index (χ3v) is 3.75. The van der Waals surface area contributed by atoms with Crippen LogP contribution in [0, 0.1) is 0 Å². The maximum Gasteiger partial charge on any atom is 0.224 e. The van der Waals surface area contributed by atoms with Gasteiger partial charge in [0.2, 0.25) is 5.91 Å². The number of aromatic nitrogens is 2. The van der Waals surface area contributed by atoms with Crippen LogP contribution in [-0.4, -0.2) is 23.0 Å². The van der Waals surface area contributed by atoms with Gasteiger partial charge in [0.1, 0.15) is 5.75 Å². The molecule has 0 radical (unpaired) electrons. The smallest absolute Gasteiger partial charge is 0.224 e. The highest BCUT2D eigenvalue weighted by atomic mass is 16.5. The largest absolute Gasteiger partial charge is 0.497 e. The zero-order valence-electron chi connectivity index (χ0n) is 13.5. The summed E-state index contributed by atoms with van der Waals surface area (Å²) >= 11 is 0. The van der Waals surface area contributed by atoms with Crippen molar-refractivity contribution in [3.05, 3.63) is 66.6 Å². The Labute approximate surface area is 140 Å². The number of rotatable bonds is 6. The molecule has 0 saturated heterocycles. The summed E-state index contributed by atoms with van der Waals surface area (Å²) in [4.78, 5) is 19.1. The van der Waals surface area contributed by atoms with Gasteiger partial charge in [-0.05, 0) is 41.8 Å². The third kappa shape index (κ3) is 4.01. The molecule has 0 atom stereocenters. The first-order valence-electron chi connectivity index (χ1n) is 7.76. The maximum absolute atomic E-state index is 12.1. The van der Waals surface area contributed by atoms with Crippen molar-refractivity contribution < 1.29 is 9.53 Å². The Hall–Kier alpha value is -3.08. The summed E-state index contributed by atoms with van der Waals surface area (Å²) in [7, 11) is 1.64. The minimum absolute atomic E-state index is 0.00731. The lowest BCUT2D eigenvalue weighted by Gasteiger charge is -2.07. The molecule has 3 rings (SSSR count). The summed E-state index contributed by atoms with van der Waals surface area (Å²) in [5.41, 5.74) is 3.85. The first-order chi connectivity index (χ1) is 11.7. The van der Waals surface area contributed by atoms with Crippen LogP contribution in [0.3, 0.4) is 0 Å². The number of amides is 1. The lowest BCUT2D eigenvalue weighted by atomic mass is 10.1. The van der Waals surface area contributed by atoms with Crippen LogP contribution in [0.1, 0.15) is 12.0 Å². The second kappa shape index (κ2) is 7.46. The van der Waals surface area contributed by atoms with E-state index in [0.29, 0.717) is 12.8 Å². The van der Waals surface area contributed by atoms with E-state index in [2.05, 4.69) is 15.3 Å². The van der Waals surface area contributed by atoms with Crippen LogP contribution < -0.4 is 10.1 Å². The predicted molar refractivity (Wildman–Crippen MR) is 94.0 cm³/mol. The van der Waals surface area contributed by atoms with Crippen LogP contribution >= 0.6 is 0 Å². The monoisotopic (exact) mass is 321 g/mol. The fourth-order valence-electron chi connectivity index (χ4n) is 2.46. The van der Waals surface area contributed by atoms with Gasteiger partial charge >= 0.3 is 0 Å². The molecule has 122 valence electrons. The summed E-state index contributed by atoms with van der Waals surface area (Å²) in [6.07, 6.45) is 4.51. The summed E-state index contributed by atoms with van der Waals surface area (Å²) in [6.45, 7) is 0. The number of H-pyrrole nitrogens is 1. The summed E-state index contributed by atoms with van der Waals surface area (Å²) in [6, 6.07) is 15.4. The molecule has 5 heteroatoms. The highest BCUT2D eigenvalue weighted by molar-refractivity contribution is 5.91. The van der Waals surface area contributed by atoms with E-state index < -0.39 is 0 Å². The number of benzene rings is 2. The van der Waals surface area contributed by atoms with Crippen molar-refractivity contribution in [2.45, 2.75) is 12.8 Å². The molecule has 2 N–H and O–H groups in total. The SMILES string of the molecule is COc1cccc(CCC(=O)Nc2ccc(-c3cnc[nH]3)cc2)c1. The van der Waals surface area contributed by atoms with E-state index in [9.17, 15) is 4.79 Å². The molecule has 0 bridgehead atoms. The molecular weight excluding hydrogens is 302 g/mol. The van der Waals surface area contributed by atoms with E-state index in [1.165, 1.54) is 0 Å². The van der Waals surface area contributed by atoms with E-state index in [1.54, 1.807) is 19.6 Å². The van der Waals surface area contributed by atoms with Crippen LogP contribution in [0.4, 0.5) is 5.69 Å². The molecule has 0 aliphatic heterocycles. The molecule has 0 spiro atoms. The Kier molecular flexibility index (Phi) is 4.91. The topological polar surface area (TPSA) is 67.0 Å². The molecule has 0 fully saturated rings. The minimum Gasteiger partial charge on any atom is -0.497 e. The Morgan fingerprint density at radius 2 is 2.04 bits per heavy atom. The fraction of sp³-hybridized carbons (Fsp3) is 0.158. The molecule has 0 aliphatic carbocycles. The second-order valence-electron chi connectivity index (χ2n) is 5.44. The van der Waals surface area contributed by atoms with Crippen LogP contribution in [0.5, 0.6) is 5.75 Å². The zero-order chi connectivity index (χ0) is 16.8. The molecule has 2 aromatic carbocycles. The number of carbonyl (C=O) groups is 1. The number of nitrogens with one attached hydrogen (secondary N) is 2. The van der Waals surface area contributed by atoms with E-state index in [0.717, 1.165) is 28.3 Å². The van der Waals surface area contributed by atoms with E-state index in [4.69, 9.17) is 4.74 Å². The molecular formula is C19H19N3O2. The lowest BCUT2D eigenvalue weighted by molar-refractivity contribution is -0.116. The zero-order valence-corrected chi connectivity index (χ0v) is 13.5. The molecule has 0 unspecified atom stereocenters. The molecule has 1 aromatic heterocycles. The Balaban J connectivity index is 1.54. The standard InChI is InChI=1S/C19H19N3O2/c1-24-17-4-2-3-14(11-17)5-10-19(23)22-16-8-6-15(7-9-16)18-12-20-13-21-18/h2-4,6-9,11-13H,5,10H2,1H3,(H,20,21)(H,22,23). The highest BCUT2D eigenvalue weighted by Gasteiger charge is 2.05. The molecule has 5 nitrogen and oxygen atoms in total. The number of ether oxygens (including phenoxy) is 1. The van der Waals surface area contributed by atoms with E-state index in [-0.39, 0.29) is 5.91 Å². The van der Waals surface area contributed by atoms with Gasteiger partial charge in [0.25, 0.3) is 0 Å². The van der Waals surface area contributed by atoms with Crippen molar-refractivity contribution in [1.82, 2.24) is 9.97 Å². The quantitative estimate of drug-likeness (QED) is 0.728. The predicted octanol–water partition coefficient (Wildman–Crippen LogP) is 3.66. The molecule has 3 aromatic rings. The lowest BCUT2D eigenvalue weighted by Crippen LogP contribution is -2.12. The Morgan fingerprint density at radius 3 is 2.75 bits per heavy atom. The average molecular weight is 321 g/mol. The van der Waals surface area contributed by atoms with Crippen LogP contribution in [0.15, 0.2) is 61.1 Å². The number of hydrogen-bond acceptors (Lipinski definition) is 3.